The van der Waals surface area contributed by atoms with E-state index in [2.05, 4.69) is 10.3 Å². The minimum Gasteiger partial charge on any atom is -0.439 e. The number of nitrogens with two attached hydrogens (primary N) is 1. The highest BCUT2D eigenvalue weighted by Gasteiger charge is 2.19. The lowest BCUT2D eigenvalue weighted by Crippen LogP contribution is -2.37. The van der Waals surface area contributed by atoms with E-state index in [9.17, 15) is 9.90 Å². The topological polar surface area (TPSA) is 97.5 Å². The molecule has 0 saturated heterocycles. The van der Waals surface area contributed by atoms with Gasteiger partial charge in [0.2, 0.25) is 11.8 Å². The van der Waals surface area contributed by atoms with E-state index in [4.69, 9.17) is 10.5 Å². The van der Waals surface area contributed by atoms with E-state index >= 15 is 0 Å². The average Bonchev–Trinajstić information content (AvgIpc) is 2.64. The molecule has 0 radical (unpaired) electrons. The molecule has 0 spiro atoms. The van der Waals surface area contributed by atoms with Gasteiger partial charge in [0.15, 0.2) is 0 Å². The van der Waals surface area contributed by atoms with Crippen LogP contribution in [0.4, 0.5) is 0 Å². The van der Waals surface area contributed by atoms with Gasteiger partial charge in [0.25, 0.3) is 0 Å². The molecule has 1 amide bonds. The maximum absolute atomic E-state index is 11.0. The van der Waals surface area contributed by atoms with E-state index in [1.54, 1.807) is 12.1 Å². The van der Waals surface area contributed by atoms with Crippen molar-refractivity contribution < 1.29 is 14.6 Å². The van der Waals surface area contributed by atoms with Crippen LogP contribution in [0.3, 0.4) is 0 Å². The summed E-state index contributed by atoms with van der Waals surface area (Å²) in [5.74, 6) is 0.599. The smallest absolute Gasteiger partial charge is 0.250 e. The summed E-state index contributed by atoms with van der Waals surface area (Å²) < 4.78 is 5.67. The van der Waals surface area contributed by atoms with Crippen LogP contribution in [0.15, 0.2) is 42.6 Å². The molecule has 1 saturated carbocycles. The molecule has 0 bridgehead atoms. The molecule has 1 aliphatic rings. The highest BCUT2D eigenvalue weighted by molar-refractivity contribution is 5.92. The van der Waals surface area contributed by atoms with Gasteiger partial charge in [0.1, 0.15) is 5.75 Å². The largest absolute Gasteiger partial charge is 0.439 e. The number of rotatable bonds is 7. The summed E-state index contributed by atoms with van der Waals surface area (Å²) in [7, 11) is 0. The van der Waals surface area contributed by atoms with Gasteiger partial charge in [-0.05, 0) is 62.4 Å². The molecular formula is C20H25N3O3. The molecule has 1 aromatic heterocycles. The number of carbonyl (C=O) groups excluding carboxylic acids is 1. The molecule has 26 heavy (non-hydrogen) atoms. The van der Waals surface area contributed by atoms with Gasteiger partial charge >= 0.3 is 0 Å². The minimum absolute atomic E-state index is 0.150. The molecule has 4 N–H and O–H groups in total. The predicted octanol–water partition coefficient (Wildman–Crippen LogP) is 2.41. The Morgan fingerprint density at radius 3 is 2.69 bits per heavy atom. The molecule has 1 fully saturated rings. The number of amides is 1. The van der Waals surface area contributed by atoms with Crippen LogP contribution in [0.1, 0.15) is 41.6 Å². The Balaban J connectivity index is 1.46. The van der Waals surface area contributed by atoms with Crippen molar-refractivity contribution in [1.82, 2.24) is 10.3 Å². The number of carbonyl (C=O) groups is 1. The highest BCUT2D eigenvalue weighted by Crippen LogP contribution is 2.21. The van der Waals surface area contributed by atoms with Gasteiger partial charge in [-0.1, -0.05) is 12.1 Å². The normalized spacial score (nSPS) is 19.9. The highest BCUT2D eigenvalue weighted by atomic mass is 16.5. The number of hydrogen-bond donors (Lipinski definition) is 3. The van der Waals surface area contributed by atoms with Crippen LogP contribution in [0.2, 0.25) is 0 Å². The summed E-state index contributed by atoms with van der Waals surface area (Å²) in [6, 6.07) is 11.5. The van der Waals surface area contributed by atoms with Gasteiger partial charge in [-0.2, -0.15) is 0 Å². The third-order valence-electron chi connectivity index (χ3n) is 4.66. The van der Waals surface area contributed by atoms with Gasteiger partial charge in [0.05, 0.1) is 11.7 Å². The Labute approximate surface area is 153 Å². The lowest BCUT2D eigenvalue weighted by molar-refractivity contribution is 0.0999. The van der Waals surface area contributed by atoms with Crippen molar-refractivity contribution in [3.05, 3.63) is 53.7 Å². The number of nitrogens with one attached hydrogen (secondary N) is 1. The van der Waals surface area contributed by atoms with E-state index < -0.39 is 5.91 Å². The molecule has 1 heterocycles. The lowest BCUT2D eigenvalue weighted by atomic mass is 9.93. The van der Waals surface area contributed by atoms with Crippen molar-refractivity contribution in [2.45, 2.75) is 44.2 Å². The van der Waals surface area contributed by atoms with Crippen LogP contribution >= 0.6 is 0 Å². The Hall–Kier alpha value is -2.44. The van der Waals surface area contributed by atoms with Crippen LogP contribution in [0, 0.1) is 0 Å². The van der Waals surface area contributed by atoms with Crippen LogP contribution in [-0.2, 0) is 6.42 Å². The molecule has 6 nitrogen and oxygen atoms in total. The van der Waals surface area contributed by atoms with E-state index in [1.165, 1.54) is 11.8 Å². The predicted molar refractivity (Wildman–Crippen MR) is 99.2 cm³/mol. The molecule has 138 valence electrons. The number of benzene rings is 1. The summed E-state index contributed by atoms with van der Waals surface area (Å²) in [5.41, 5.74) is 6.76. The summed E-state index contributed by atoms with van der Waals surface area (Å²) in [6.45, 7) is 0.897. The molecule has 1 aliphatic carbocycles. The fourth-order valence-electron chi connectivity index (χ4n) is 3.20. The molecule has 6 heteroatoms. The molecule has 1 aromatic carbocycles. The van der Waals surface area contributed by atoms with Gasteiger partial charge in [0, 0.05) is 18.3 Å². The first-order chi connectivity index (χ1) is 12.6. The first-order valence-corrected chi connectivity index (χ1v) is 9.04. The quantitative estimate of drug-likeness (QED) is 0.708. The van der Waals surface area contributed by atoms with Crippen molar-refractivity contribution in [3.8, 4) is 11.6 Å². The molecule has 2 unspecified atom stereocenters. The fraction of sp³-hybridized carbons (Fsp3) is 0.400. The van der Waals surface area contributed by atoms with E-state index in [0.717, 1.165) is 38.6 Å². The number of ether oxygens (including phenoxy) is 1. The third kappa shape index (κ3) is 5.28. The number of primary amides is 1. The number of pyridine rings is 1. The molecule has 3 rings (SSSR count). The number of nitrogens with zero attached hydrogens (tertiary/aromatic N) is 1. The second kappa shape index (κ2) is 8.78. The Morgan fingerprint density at radius 2 is 2.04 bits per heavy atom. The van der Waals surface area contributed by atoms with E-state index in [-0.39, 0.29) is 6.10 Å². The molecule has 2 aromatic rings. The number of aromatic nitrogens is 1. The molecular weight excluding hydrogens is 330 g/mol. The van der Waals surface area contributed by atoms with Crippen molar-refractivity contribution in [1.29, 1.82) is 0 Å². The zero-order valence-electron chi connectivity index (χ0n) is 14.7. The van der Waals surface area contributed by atoms with E-state index in [1.807, 2.05) is 24.3 Å². The van der Waals surface area contributed by atoms with Crippen LogP contribution < -0.4 is 15.8 Å². The number of aliphatic hydroxyl groups is 1. The zero-order chi connectivity index (χ0) is 18.4. The van der Waals surface area contributed by atoms with Crippen LogP contribution in [0.5, 0.6) is 11.6 Å². The zero-order valence-corrected chi connectivity index (χ0v) is 14.7. The number of hydrogen-bond acceptors (Lipinski definition) is 5. The maximum atomic E-state index is 11.0. The molecule has 0 aliphatic heterocycles. The Kier molecular flexibility index (Phi) is 6.20. The number of aliphatic hydroxyl groups excluding tert-OH is 1. The Bertz CT molecular complexity index is 716. The third-order valence-corrected chi connectivity index (χ3v) is 4.66. The van der Waals surface area contributed by atoms with Gasteiger partial charge < -0.3 is 20.9 Å². The average molecular weight is 355 g/mol. The van der Waals surface area contributed by atoms with Crippen LogP contribution in [0.25, 0.3) is 0 Å². The molecule has 2 atom stereocenters. The SMILES string of the molecule is NC(=O)c1ccc(Oc2ccc(CCNC3CCCC(O)C3)cc2)nc1. The summed E-state index contributed by atoms with van der Waals surface area (Å²) in [6.07, 6.45) is 6.21. The summed E-state index contributed by atoms with van der Waals surface area (Å²) in [4.78, 5) is 15.1. The summed E-state index contributed by atoms with van der Waals surface area (Å²) >= 11 is 0. The second-order valence-electron chi connectivity index (χ2n) is 6.72. The van der Waals surface area contributed by atoms with Gasteiger partial charge in [-0.3, -0.25) is 4.79 Å². The Morgan fingerprint density at radius 1 is 1.23 bits per heavy atom. The van der Waals surface area contributed by atoms with Crippen molar-refractivity contribution in [2.75, 3.05) is 6.54 Å². The van der Waals surface area contributed by atoms with E-state index in [0.29, 0.717) is 23.2 Å². The maximum Gasteiger partial charge on any atom is 0.250 e. The minimum atomic E-state index is -0.509. The first kappa shape index (κ1) is 18.4. The van der Waals surface area contributed by atoms with Crippen molar-refractivity contribution >= 4 is 5.91 Å². The monoisotopic (exact) mass is 355 g/mol. The first-order valence-electron chi connectivity index (χ1n) is 9.04. The summed E-state index contributed by atoms with van der Waals surface area (Å²) in [5, 5.41) is 13.2. The second-order valence-corrected chi connectivity index (χ2v) is 6.72. The van der Waals surface area contributed by atoms with Gasteiger partial charge in [-0.25, -0.2) is 4.98 Å². The standard InChI is InChI=1S/C20H25N3O3/c21-20(25)15-6-9-19(23-13-15)26-18-7-4-14(5-8-18)10-11-22-16-2-1-3-17(24)12-16/h4-9,13,16-17,22,24H,1-3,10-12H2,(H2,21,25). The van der Waals surface area contributed by atoms with Gasteiger partial charge in [-0.15, -0.1) is 0 Å². The lowest BCUT2D eigenvalue weighted by Gasteiger charge is -2.26. The fourth-order valence-corrected chi connectivity index (χ4v) is 3.20. The van der Waals surface area contributed by atoms with Crippen molar-refractivity contribution in [2.24, 2.45) is 5.73 Å². The van der Waals surface area contributed by atoms with Crippen LogP contribution in [-0.4, -0.2) is 34.7 Å². The van der Waals surface area contributed by atoms with Crippen molar-refractivity contribution in [3.63, 3.8) is 0 Å².